The lowest BCUT2D eigenvalue weighted by Gasteiger charge is -2.14. The number of nitrogens with zero attached hydrogens (tertiary/aromatic N) is 1. The standard InChI is InChI=1S/C18H12F6NO2S2/c19-17(20,21)14-5-1-3-12(7-14)10-28-16(9-25(26)27)29-11-13-4-2-6-15(8-13)18(22,23)24/h1-8H,10-11H2/q-1. The molecule has 156 valence electrons. The van der Waals surface area contributed by atoms with Crippen molar-refractivity contribution in [1.82, 2.24) is 0 Å². The number of thioether (sulfide) groups is 2. The largest absolute Gasteiger partial charge is 0.416 e. The van der Waals surface area contributed by atoms with Gasteiger partial charge in [-0.1, -0.05) is 46.8 Å². The summed E-state index contributed by atoms with van der Waals surface area (Å²) in [6.07, 6.45) is -7.09. The fourth-order valence-electron chi connectivity index (χ4n) is 2.15. The predicted octanol–water partition coefficient (Wildman–Crippen LogP) is 6.77. The van der Waals surface area contributed by atoms with Crippen LogP contribution in [-0.2, 0) is 23.9 Å². The number of hydrogen-bond donors (Lipinski definition) is 0. The molecular weight excluding hydrogens is 440 g/mol. The Bertz CT molecular complexity index is 833. The zero-order valence-corrected chi connectivity index (χ0v) is 16.0. The molecule has 0 spiro atoms. The third-order valence-corrected chi connectivity index (χ3v) is 5.80. The van der Waals surface area contributed by atoms with E-state index < -0.39 is 28.4 Å². The molecule has 0 radical (unpaired) electrons. The maximum atomic E-state index is 12.8. The molecule has 29 heavy (non-hydrogen) atoms. The van der Waals surface area contributed by atoms with Crippen molar-refractivity contribution in [2.75, 3.05) is 0 Å². The van der Waals surface area contributed by atoms with E-state index in [0.717, 1.165) is 47.8 Å². The first-order valence-electron chi connectivity index (χ1n) is 7.81. The highest BCUT2D eigenvalue weighted by Gasteiger charge is 2.31. The normalized spacial score (nSPS) is 11.9. The van der Waals surface area contributed by atoms with Crippen LogP contribution in [0.3, 0.4) is 0 Å². The molecule has 3 nitrogen and oxygen atoms in total. The molecule has 0 bridgehead atoms. The van der Waals surface area contributed by atoms with Crippen LogP contribution in [0.2, 0.25) is 0 Å². The van der Waals surface area contributed by atoms with Crippen LogP contribution >= 0.6 is 23.5 Å². The molecule has 0 N–H and O–H groups in total. The summed E-state index contributed by atoms with van der Waals surface area (Å²) >= 11 is 1.78. The zero-order valence-electron chi connectivity index (χ0n) is 14.4. The molecule has 2 rings (SSSR count). The molecule has 0 heterocycles. The van der Waals surface area contributed by atoms with Gasteiger partial charge < -0.3 is 0 Å². The lowest BCUT2D eigenvalue weighted by molar-refractivity contribution is -0.419. The molecule has 0 unspecified atom stereocenters. The number of hydrogen-bond acceptors (Lipinski definition) is 4. The number of nitro groups is 1. The van der Waals surface area contributed by atoms with E-state index in [0.29, 0.717) is 11.1 Å². The lowest BCUT2D eigenvalue weighted by Crippen LogP contribution is -2.05. The van der Waals surface area contributed by atoms with E-state index in [-0.39, 0.29) is 15.7 Å². The maximum Gasteiger partial charge on any atom is 0.416 e. The van der Waals surface area contributed by atoms with E-state index in [4.69, 9.17) is 0 Å². The van der Waals surface area contributed by atoms with Crippen LogP contribution in [0.25, 0.3) is 0 Å². The Morgan fingerprint density at radius 3 is 1.62 bits per heavy atom. The van der Waals surface area contributed by atoms with Gasteiger partial charge in [0, 0.05) is 11.5 Å². The van der Waals surface area contributed by atoms with Crippen LogP contribution in [0.15, 0.2) is 52.8 Å². The van der Waals surface area contributed by atoms with Crippen molar-refractivity contribution in [3.8, 4) is 0 Å². The highest BCUT2D eigenvalue weighted by molar-refractivity contribution is 8.21. The molecule has 0 atom stereocenters. The Morgan fingerprint density at radius 1 is 0.862 bits per heavy atom. The van der Waals surface area contributed by atoms with Crippen LogP contribution in [-0.4, -0.2) is 4.92 Å². The molecule has 0 amide bonds. The predicted molar refractivity (Wildman–Crippen MR) is 99.2 cm³/mol. The SMILES string of the molecule is O=[N+]([O-])[C-]=C(SCc1cccc(C(F)(F)F)c1)SCc1cccc(C(F)(F)F)c1. The number of halogens is 6. The van der Waals surface area contributed by atoms with Crippen LogP contribution < -0.4 is 0 Å². The second-order valence-corrected chi connectivity index (χ2v) is 7.86. The summed E-state index contributed by atoms with van der Waals surface area (Å²) in [5.41, 5.74) is -1.08. The van der Waals surface area contributed by atoms with Crippen molar-refractivity contribution in [2.24, 2.45) is 0 Å². The summed E-state index contributed by atoms with van der Waals surface area (Å²) in [5.74, 6) is 0.0192. The molecule has 0 fully saturated rings. The summed E-state index contributed by atoms with van der Waals surface area (Å²) in [5, 5.41) is 10.8. The highest BCUT2D eigenvalue weighted by atomic mass is 32.2. The van der Waals surface area contributed by atoms with E-state index in [1.807, 2.05) is 6.20 Å². The van der Waals surface area contributed by atoms with Crippen LogP contribution in [0.4, 0.5) is 26.3 Å². The van der Waals surface area contributed by atoms with Gasteiger partial charge in [0.1, 0.15) is 0 Å². The third kappa shape index (κ3) is 7.65. The number of benzene rings is 2. The molecule has 0 aromatic heterocycles. The summed E-state index contributed by atoms with van der Waals surface area (Å²) in [6.45, 7) is 0. The molecule has 0 aliphatic carbocycles. The summed E-state index contributed by atoms with van der Waals surface area (Å²) in [7, 11) is 0. The molecule has 0 saturated heterocycles. The van der Waals surface area contributed by atoms with Gasteiger partial charge in [0.25, 0.3) is 0 Å². The molecular formula is C18H12F6NO2S2-. The monoisotopic (exact) mass is 452 g/mol. The number of rotatable bonds is 7. The average Bonchev–Trinajstić information content (AvgIpc) is 2.63. The van der Waals surface area contributed by atoms with Crippen molar-refractivity contribution in [3.63, 3.8) is 0 Å². The van der Waals surface area contributed by atoms with Gasteiger partial charge in [0.2, 0.25) is 0 Å². The van der Waals surface area contributed by atoms with Gasteiger partial charge in [0.05, 0.1) is 11.1 Å². The molecule has 0 aliphatic rings. The molecule has 0 saturated carbocycles. The lowest BCUT2D eigenvalue weighted by atomic mass is 10.1. The van der Waals surface area contributed by atoms with E-state index in [1.165, 1.54) is 24.3 Å². The molecule has 11 heteroatoms. The first kappa shape index (κ1) is 23.1. The minimum absolute atomic E-state index is 0.00961. The quantitative estimate of drug-likeness (QED) is 0.153. The summed E-state index contributed by atoms with van der Waals surface area (Å²) in [6, 6.07) is 9.06. The smallest absolute Gasteiger partial charge is 0.297 e. The number of alkyl halides is 6. The summed E-state index contributed by atoms with van der Waals surface area (Å²) in [4.78, 5) is 9.91. The van der Waals surface area contributed by atoms with Crippen molar-refractivity contribution >= 4 is 23.5 Å². The van der Waals surface area contributed by atoms with Crippen molar-refractivity contribution in [2.45, 2.75) is 23.9 Å². The minimum Gasteiger partial charge on any atom is -0.297 e. The van der Waals surface area contributed by atoms with Crippen molar-refractivity contribution < 1.29 is 31.3 Å². The van der Waals surface area contributed by atoms with Crippen molar-refractivity contribution in [3.05, 3.63) is 91.3 Å². The Hall–Kier alpha value is -2.14. The fraction of sp³-hybridized carbons (Fsp3) is 0.222. The second kappa shape index (κ2) is 9.57. The van der Waals surface area contributed by atoms with Gasteiger partial charge in [0.15, 0.2) is 0 Å². The van der Waals surface area contributed by atoms with Crippen LogP contribution in [0.1, 0.15) is 22.3 Å². The molecule has 2 aromatic carbocycles. The van der Waals surface area contributed by atoms with Gasteiger partial charge in [-0.25, -0.2) is 0 Å². The Kier molecular flexibility index (Phi) is 7.64. The van der Waals surface area contributed by atoms with Crippen LogP contribution in [0, 0.1) is 16.3 Å². The first-order valence-corrected chi connectivity index (χ1v) is 9.78. The van der Waals surface area contributed by atoms with E-state index in [2.05, 4.69) is 0 Å². The summed E-state index contributed by atoms with van der Waals surface area (Å²) < 4.78 is 76.6. The van der Waals surface area contributed by atoms with Crippen molar-refractivity contribution in [1.29, 1.82) is 0 Å². The average molecular weight is 452 g/mol. The fourth-order valence-corrected chi connectivity index (χ4v) is 4.07. The second-order valence-electron chi connectivity index (χ2n) is 5.63. The van der Waals surface area contributed by atoms with Gasteiger partial charge in [-0.2, -0.15) is 26.3 Å². The molecule has 0 aliphatic heterocycles. The minimum atomic E-state index is -4.51. The topological polar surface area (TPSA) is 43.1 Å². The van der Waals surface area contributed by atoms with Gasteiger partial charge >= 0.3 is 12.4 Å². The van der Waals surface area contributed by atoms with Crippen LogP contribution in [0.5, 0.6) is 0 Å². The Morgan fingerprint density at radius 2 is 1.28 bits per heavy atom. The highest BCUT2D eigenvalue weighted by Crippen LogP contribution is 2.36. The maximum absolute atomic E-state index is 12.8. The zero-order chi connectivity index (χ0) is 21.7. The van der Waals surface area contributed by atoms with E-state index >= 15 is 0 Å². The third-order valence-electron chi connectivity index (χ3n) is 3.43. The Labute approximate surface area is 170 Å². The first-order chi connectivity index (χ1) is 13.4. The van der Waals surface area contributed by atoms with E-state index in [9.17, 15) is 36.5 Å². The van der Waals surface area contributed by atoms with E-state index in [1.54, 1.807) is 0 Å². The van der Waals surface area contributed by atoms with Gasteiger partial charge in [-0.15, -0.1) is 28.4 Å². The van der Waals surface area contributed by atoms with Gasteiger partial charge in [-0.3, -0.25) is 10.1 Å². The van der Waals surface area contributed by atoms with Gasteiger partial charge in [-0.05, 0) is 23.3 Å². The molecule has 2 aromatic rings. The Balaban J connectivity index is 2.07.